The van der Waals surface area contributed by atoms with Gasteiger partial charge in [0.15, 0.2) is 46.5 Å². The Kier molecular flexibility index (Phi) is 7.33. The van der Waals surface area contributed by atoms with E-state index in [1.165, 1.54) is 48.6 Å². The summed E-state index contributed by atoms with van der Waals surface area (Å²) in [6, 6.07) is 8.23. The Morgan fingerprint density at radius 2 is 0.771 bits per heavy atom. The van der Waals surface area contributed by atoms with Gasteiger partial charge in [-0.2, -0.15) is 0 Å². The molecule has 0 amide bonds. The van der Waals surface area contributed by atoms with E-state index in [4.69, 9.17) is 0 Å². The first kappa shape index (κ1) is 31.1. The van der Waals surface area contributed by atoms with E-state index in [-0.39, 0.29) is 39.0 Å². The van der Waals surface area contributed by atoms with Gasteiger partial charge in [0.05, 0.1) is 33.5 Å². The van der Waals surface area contributed by atoms with Gasteiger partial charge in [0.2, 0.25) is 11.6 Å². The van der Waals surface area contributed by atoms with Crippen molar-refractivity contribution in [2.75, 3.05) is 0 Å². The summed E-state index contributed by atoms with van der Waals surface area (Å²) in [5.41, 5.74) is -2.45. The zero-order chi connectivity index (χ0) is 34.2. The van der Waals surface area contributed by atoms with Gasteiger partial charge in [-0.1, -0.05) is 13.3 Å². The lowest BCUT2D eigenvalue weighted by Gasteiger charge is -2.10. The van der Waals surface area contributed by atoms with E-state index in [1.807, 2.05) is 6.92 Å². The first-order chi connectivity index (χ1) is 22.9. The average molecular weight is 673 g/mol. The monoisotopic (exact) mass is 672 g/mol. The Balaban J connectivity index is 1.69. The van der Waals surface area contributed by atoms with Gasteiger partial charge in [-0.15, -0.1) is 0 Å². The molecule has 1 aliphatic rings. The van der Waals surface area contributed by atoms with E-state index in [0.717, 1.165) is 0 Å². The molecule has 0 spiro atoms. The molecule has 48 heavy (non-hydrogen) atoms. The van der Waals surface area contributed by atoms with E-state index in [2.05, 4.69) is 19.9 Å². The van der Waals surface area contributed by atoms with Crippen LogP contribution in [-0.4, -0.2) is 19.9 Å². The van der Waals surface area contributed by atoms with E-state index < -0.39 is 80.4 Å². The normalized spacial score (nSPS) is 12.1. The lowest BCUT2D eigenvalue weighted by atomic mass is 10.0. The second-order valence-electron chi connectivity index (χ2n) is 10.9. The Morgan fingerprint density at radius 1 is 0.417 bits per heavy atom. The molecule has 14 heteroatoms. The fourth-order valence-electron chi connectivity index (χ4n) is 5.90. The third-order valence-corrected chi connectivity index (χ3v) is 8.11. The molecule has 0 saturated carbocycles. The number of rotatable bonds is 4. The molecule has 0 unspecified atom stereocenters. The molecule has 0 saturated heterocycles. The van der Waals surface area contributed by atoms with Crippen LogP contribution >= 0.6 is 0 Å². The number of nitrogens with zero attached hydrogens (tertiary/aromatic N) is 1. The Morgan fingerprint density at radius 3 is 1.25 bits per heavy atom. The number of benzene rings is 2. The van der Waals surface area contributed by atoms with E-state index in [1.54, 1.807) is 0 Å². The molecular weight excluding hydrogens is 654 g/mol. The second-order valence-corrected chi connectivity index (χ2v) is 10.9. The molecule has 1 aliphatic heterocycles. The molecule has 4 aromatic heterocycles. The minimum Gasteiger partial charge on any atom is -0.355 e. The van der Waals surface area contributed by atoms with Crippen LogP contribution in [0.15, 0.2) is 36.4 Å². The Hall–Kier alpha value is -5.53. The highest BCUT2D eigenvalue weighted by atomic mass is 19.2. The number of aromatic amines is 3. The molecule has 4 nitrogen and oxygen atoms in total. The van der Waals surface area contributed by atoms with Gasteiger partial charge in [0, 0.05) is 38.8 Å². The van der Waals surface area contributed by atoms with Crippen LogP contribution in [0.25, 0.3) is 67.5 Å². The SMILES string of the molecule is CCCc1c2nc(c(-c3c(F)c(F)c(F)c(F)c3F)c3ccc([nH]3)c3ccc([nH]3)c(-c3c(F)c(F)c(F)c(F)c3F)c3ccc1[nH]3)C=C2. The fraction of sp³-hybridized carbons (Fsp3) is 0.0882. The smallest absolute Gasteiger partial charge is 0.200 e. The number of hydrogen-bond donors (Lipinski definition) is 3. The largest absolute Gasteiger partial charge is 0.355 e. The van der Waals surface area contributed by atoms with Gasteiger partial charge < -0.3 is 15.0 Å². The summed E-state index contributed by atoms with van der Waals surface area (Å²) in [6.45, 7) is 1.82. The Labute approximate surface area is 262 Å². The maximum absolute atomic E-state index is 15.3. The molecule has 244 valence electrons. The molecule has 3 N–H and O–H groups in total. The molecule has 5 heterocycles. The predicted octanol–water partition coefficient (Wildman–Crippen LogP) is 10.4. The van der Waals surface area contributed by atoms with Crippen molar-refractivity contribution in [3.8, 4) is 22.3 Å². The van der Waals surface area contributed by atoms with Gasteiger partial charge >= 0.3 is 0 Å². The quantitative estimate of drug-likeness (QED) is 0.0973. The van der Waals surface area contributed by atoms with Gasteiger partial charge in [-0.25, -0.2) is 48.9 Å². The minimum absolute atomic E-state index is 0.0438. The van der Waals surface area contributed by atoms with Crippen molar-refractivity contribution >= 4 is 45.3 Å². The zero-order valence-electron chi connectivity index (χ0n) is 24.3. The maximum atomic E-state index is 15.3. The number of fused-ring (bicyclic) bond motifs is 9. The molecule has 6 aromatic rings. The molecule has 2 aromatic carbocycles. The highest BCUT2D eigenvalue weighted by Gasteiger charge is 2.30. The average Bonchev–Trinajstić information content (AvgIpc) is 3.91. The summed E-state index contributed by atoms with van der Waals surface area (Å²) in [7, 11) is 0. The summed E-state index contributed by atoms with van der Waals surface area (Å²) < 4.78 is 147. The van der Waals surface area contributed by atoms with E-state index >= 15 is 17.6 Å². The topological polar surface area (TPSA) is 60.3 Å². The number of aromatic nitrogens is 4. The molecule has 0 atom stereocenters. The van der Waals surface area contributed by atoms with Crippen LogP contribution in [-0.2, 0) is 6.42 Å². The first-order valence-electron chi connectivity index (χ1n) is 14.3. The third kappa shape index (κ3) is 4.57. The lowest BCUT2D eigenvalue weighted by molar-refractivity contribution is 0.381. The predicted molar refractivity (Wildman–Crippen MR) is 160 cm³/mol. The Bertz CT molecular complexity index is 2430. The van der Waals surface area contributed by atoms with Crippen molar-refractivity contribution in [2.24, 2.45) is 0 Å². The van der Waals surface area contributed by atoms with Crippen molar-refractivity contribution in [1.29, 1.82) is 0 Å². The fourth-order valence-corrected chi connectivity index (χ4v) is 5.90. The summed E-state index contributed by atoms with van der Waals surface area (Å²) in [6.07, 6.45) is 3.58. The van der Waals surface area contributed by atoms with Crippen molar-refractivity contribution in [2.45, 2.75) is 19.8 Å². The standard InChI is InChI=1S/C34H18F10N4/c1-2-3-12-13-4-8-17(45-13)21(23-25(35)29(39)33(43)30(40)26(23)36)19-10-6-15(47-19)16-7-11-20(48-16)22(18-9-5-14(12)46-18)24-27(37)31(41)34(44)32(42)28(24)38/h4-11,45,47-48H,2-3H2,1H3. The summed E-state index contributed by atoms with van der Waals surface area (Å²) in [4.78, 5) is 13.2. The van der Waals surface area contributed by atoms with Gasteiger partial charge in [-0.05, 0) is 55.0 Å². The number of nitrogens with one attached hydrogen (secondary N) is 3. The van der Waals surface area contributed by atoms with Crippen LogP contribution < -0.4 is 0 Å². The molecule has 0 fully saturated rings. The van der Waals surface area contributed by atoms with Crippen molar-refractivity contribution in [1.82, 2.24) is 19.9 Å². The number of H-pyrrole nitrogens is 3. The minimum atomic E-state index is -2.34. The van der Waals surface area contributed by atoms with Crippen LogP contribution in [0, 0.1) is 58.2 Å². The zero-order valence-corrected chi connectivity index (χ0v) is 24.3. The highest BCUT2D eigenvalue weighted by Crippen LogP contribution is 2.39. The van der Waals surface area contributed by atoms with Gasteiger partial charge in [0.25, 0.3) is 0 Å². The molecule has 7 rings (SSSR count). The van der Waals surface area contributed by atoms with Crippen molar-refractivity contribution < 1.29 is 43.9 Å². The van der Waals surface area contributed by atoms with E-state index in [9.17, 15) is 26.3 Å². The number of hydrogen-bond acceptors (Lipinski definition) is 1. The molecule has 0 aliphatic carbocycles. The maximum Gasteiger partial charge on any atom is 0.200 e. The number of halogens is 10. The van der Waals surface area contributed by atoms with Crippen LogP contribution in [0.2, 0.25) is 0 Å². The van der Waals surface area contributed by atoms with Crippen LogP contribution in [0.4, 0.5) is 43.9 Å². The van der Waals surface area contributed by atoms with Crippen molar-refractivity contribution in [3.63, 3.8) is 0 Å². The van der Waals surface area contributed by atoms with Crippen LogP contribution in [0.3, 0.4) is 0 Å². The summed E-state index contributed by atoms with van der Waals surface area (Å²) in [5, 5.41) is 0. The second kappa shape index (κ2) is 11.3. The van der Waals surface area contributed by atoms with Crippen LogP contribution in [0.5, 0.6) is 0 Å². The third-order valence-electron chi connectivity index (χ3n) is 8.11. The first-order valence-corrected chi connectivity index (χ1v) is 14.3. The van der Waals surface area contributed by atoms with E-state index in [0.29, 0.717) is 23.9 Å². The molecular formula is C34H18F10N4. The highest BCUT2D eigenvalue weighted by molar-refractivity contribution is 5.97. The molecule has 0 radical (unpaired) electrons. The summed E-state index contributed by atoms with van der Waals surface area (Å²) in [5.74, 6) is -21.6. The lowest BCUT2D eigenvalue weighted by Crippen LogP contribution is -2.05. The van der Waals surface area contributed by atoms with Crippen molar-refractivity contribution in [3.05, 3.63) is 112 Å². The number of aryl methyl sites for hydroxylation is 1. The summed E-state index contributed by atoms with van der Waals surface area (Å²) >= 11 is 0. The van der Waals surface area contributed by atoms with Gasteiger partial charge in [0.1, 0.15) is 0 Å². The molecule has 8 bridgehead atoms. The van der Waals surface area contributed by atoms with Gasteiger partial charge in [-0.3, -0.25) is 0 Å². The van der Waals surface area contributed by atoms with Crippen LogP contribution in [0.1, 0.15) is 30.3 Å².